The van der Waals surface area contributed by atoms with Crippen LogP contribution in [0.2, 0.25) is 0 Å². The lowest BCUT2D eigenvalue weighted by molar-refractivity contribution is 0.162. The molecule has 1 unspecified atom stereocenters. The predicted molar refractivity (Wildman–Crippen MR) is 72.6 cm³/mol. The van der Waals surface area contributed by atoms with Crippen LogP contribution in [-0.4, -0.2) is 11.7 Å². The van der Waals surface area contributed by atoms with Gasteiger partial charge in [-0.1, -0.05) is 25.5 Å². The van der Waals surface area contributed by atoms with Gasteiger partial charge in [-0.15, -0.1) is 0 Å². The predicted octanol–water partition coefficient (Wildman–Crippen LogP) is 3.38. The zero-order valence-corrected chi connectivity index (χ0v) is 10.6. The topological polar surface area (TPSA) is 45.4 Å². The van der Waals surface area contributed by atoms with Crippen molar-refractivity contribution in [1.82, 2.24) is 0 Å². The lowest BCUT2D eigenvalue weighted by Crippen LogP contribution is -2.11. The molecule has 1 aromatic heterocycles. The van der Waals surface area contributed by atoms with Gasteiger partial charge in [-0.2, -0.15) is 0 Å². The Morgan fingerprint density at radius 1 is 1.22 bits per heavy atom. The summed E-state index contributed by atoms with van der Waals surface area (Å²) in [5.41, 5.74) is 2.36. The molecule has 1 aromatic carbocycles. The van der Waals surface area contributed by atoms with E-state index in [0.717, 1.165) is 18.5 Å². The summed E-state index contributed by atoms with van der Waals surface area (Å²) in [6.07, 6.45) is 3.22. The van der Waals surface area contributed by atoms with E-state index in [-0.39, 0.29) is 0 Å². The normalized spacial score (nSPS) is 12.3. The van der Waals surface area contributed by atoms with Crippen LogP contribution in [0.3, 0.4) is 0 Å². The zero-order valence-electron chi connectivity index (χ0n) is 10.6. The van der Waals surface area contributed by atoms with Gasteiger partial charge >= 0.3 is 0 Å². The minimum Gasteiger partial charge on any atom is -0.467 e. The van der Waals surface area contributed by atoms with Crippen molar-refractivity contribution < 1.29 is 9.52 Å². The molecule has 0 fully saturated rings. The Bertz CT molecular complexity index is 448. The fourth-order valence-electron chi connectivity index (χ4n) is 1.87. The van der Waals surface area contributed by atoms with Crippen molar-refractivity contribution >= 4 is 5.69 Å². The number of aryl methyl sites for hydroxylation is 1. The van der Waals surface area contributed by atoms with Crippen molar-refractivity contribution in [2.75, 3.05) is 11.9 Å². The summed E-state index contributed by atoms with van der Waals surface area (Å²) in [6, 6.07) is 11.9. The summed E-state index contributed by atoms with van der Waals surface area (Å²) in [6.45, 7) is 2.62. The second kappa shape index (κ2) is 6.26. The van der Waals surface area contributed by atoms with E-state index in [1.807, 2.05) is 12.1 Å². The van der Waals surface area contributed by atoms with Gasteiger partial charge in [0.25, 0.3) is 0 Å². The number of hydrogen-bond donors (Lipinski definition) is 2. The van der Waals surface area contributed by atoms with Crippen molar-refractivity contribution in [3.8, 4) is 0 Å². The van der Waals surface area contributed by atoms with Gasteiger partial charge < -0.3 is 14.8 Å². The molecule has 0 amide bonds. The molecule has 1 atom stereocenters. The van der Waals surface area contributed by atoms with Crippen LogP contribution in [0.1, 0.15) is 30.8 Å². The van der Waals surface area contributed by atoms with E-state index in [1.165, 1.54) is 5.56 Å². The molecular weight excluding hydrogens is 226 g/mol. The van der Waals surface area contributed by atoms with Crippen molar-refractivity contribution in [3.05, 3.63) is 54.0 Å². The Balaban J connectivity index is 1.86. The summed E-state index contributed by atoms with van der Waals surface area (Å²) in [5.74, 6) is 0.588. The number of furan rings is 1. The summed E-state index contributed by atoms with van der Waals surface area (Å²) in [4.78, 5) is 0. The molecule has 0 radical (unpaired) electrons. The van der Waals surface area contributed by atoms with Gasteiger partial charge in [0.15, 0.2) is 0 Å². The van der Waals surface area contributed by atoms with Crippen LogP contribution < -0.4 is 5.32 Å². The zero-order chi connectivity index (χ0) is 12.8. The molecular formula is C15H19NO2. The molecule has 0 saturated heterocycles. The number of rotatable bonds is 6. The Labute approximate surface area is 107 Å². The molecule has 2 N–H and O–H groups in total. The minimum atomic E-state index is -0.615. The Morgan fingerprint density at radius 2 is 2.00 bits per heavy atom. The quantitative estimate of drug-likeness (QED) is 0.820. The van der Waals surface area contributed by atoms with Crippen molar-refractivity contribution in [2.24, 2.45) is 0 Å². The Hall–Kier alpha value is -1.74. The molecule has 3 heteroatoms. The lowest BCUT2D eigenvalue weighted by atomic mass is 10.1. The van der Waals surface area contributed by atoms with Gasteiger partial charge in [0, 0.05) is 12.2 Å². The van der Waals surface area contributed by atoms with Gasteiger partial charge in [-0.25, -0.2) is 0 Å². The maximum Gasteiger partial charge on any atom is 0.134 e. The van der Waals surface area contributed by atoms with Gasteiger partial charge in [0.05, 0.1) is 6.26 Å². The number of nitrogens with one attached hydrogen (secondary N) is 1. The van der Waals surface area contributed by atoms with Crippen LogP contribution in [0.5, 0.6) is 0 Å². The third-order valence-corrected chi connectivity index (χ3v) is 2.86. The lowest BCUT2D eigenvalue weighted by Gasteiger charge is -2.11. The van der Waals surface area contributed by atoms with Crippen LogP contribution in [0, 0.1) is 0 Å². The highest BCUT2D eigenvalue weighted by Crippen LogP contribution is 2.15. The third-order valence-electron chi connectivity index (χ3n) is 2.86. The summed E-state index contributed by atoms with van der Waals surface area (Å²) < 4.78 is 5.14. The highest BCUT2D eigenvalue weighted by molar-refractivity contribution is 5.44. The monoisotopic (exact) mass is 245 g/mol. The van der Waals surface area contributed by atoms with E-state index in [9.17, 15) is 5.11 Å². The second-order valence-corrected chi connectivity index (χ2v) is 4.36. The molecule has 2 rings (SSSR count). The van der Waals surface area contributed by atoms with E-state index in [1.54, 1.807) is 18.4 Å². The third kappa shape index (κ3) is 3.37. The number of hydrogen-bond acceptors (Lipinski definition) is 3. The van der Waals surface area contributed by atoms with Crippen LogP contribution in [0.15, 0.2) is 47.1 Å². The van der Waals surface area contributed by atoms with Crippen LogP contribution >= 0.6 is 0 Å². The fourth-order valence-corrected chi connectivity index (χ4v) is 1.87. The van der Waals surface area contributed by atoms with Gasteiger partial charge in [0.2, 0.25) is 0 Å². The number of aliphatic hydroxyl groups is 1. The first-order valence-electron chi connectivity index (χ1n) is 6.34. The highest BCUT2D eigenvalue weighted by atomic mass is 16.4. The molecule has 0 aliphatic carbocycles. The van der Waals surface area contributed by atoms with Crippen LogP contribution in [-0.2, 0) is 6.42 Å². The molecule has 0 saturated carbocycles. The average molecular weight is 245 g/mol. The minimum absolute atomic E-state index is 0.445. The number of anilines is 1. The highest BCUT2D eigenvalue weighted by Gasteiger charge is 2.09. The fraction of sp³-hybridized carbons (Fsp3) is 0.333. The average Bonchev–Trinajstić information content (AvgIpc) is 2.92. The summed E-state index contributed by atoms with van der Waals surface area (Å²) in [5, 5.41) is 13.0. The molecule has 1 heterocycles. The molecule has 0 aliphatic rings. The van der Waals surface area contributed by atoms with E-state index in [0.29, 0.717) is 12.3 Å². The van der Waals surface area contributed by atoms with Gasteiger partial charge in [-0.05, 0) is 36.2 Å². The summed E-state index contributed by atoms with van der Waals surface area (Å²) >= 11 is 0. The Kier molecular flexibility index (Phi) is 4.42. The first-order valence-corrected chi connectivity index (χ1v) is 6.34. The van der Waals surface area contributed by atoms with Crippen molar-refractivity contribution in [2.45, 2.75) is 25.9 Å². The summed E-state index contributed by atoms with van der Waals surface area (Å²) in [7, 11) is 0. The van der Waals surface area contributed by atoms with Crippen LogP contribution in [0.25, 0.3) is 0 Å². The maximum absolute atomic E-state index is 9.85. The first kappa shape index (κ1) is 12.7. The number of aliphatic hydroxyl groups excluding tert-OH is 1. The van der Waals surface area contributed by atoms with Gasteiger partial charge in [-0.3, -0.25) is 0 Å². The van der Waals surface area contributed by atoms with Crippen molar-refractivity contribution in [1.29, 1.82) is 0 Å². The smallest absolute Gasteiger partial charge is 0.134 e. The first-order chi connectivity index (χ1) is 8.79. The van der Waals surface area contributed by atoms with Gasteiger partial charge in [0.1, 0.15) is 11.9 Å². The van der Waals surface area contributed by atoms with Crippen LogP contribution in [0.4, 0.5) is 5.69 Å². The molecule has 18 heavy (non-hydrogen) atoms. The van der Waals surface area contributed by atoms with E-state index in [2.05, 4.69) is 24.4 Å². The standard InChI is InChI=1S/C15H19NO2/c1-2-4-12-6-8-13(9-7-12)16-11-14(17)15-5-3-10-18-15/h3,5-10,14,16-17H,2,4,11H2,1H3. The largest absolute Gasteiger partial charge is 0.467 e. The maximum atomic E-state index is 9.85. The second-order valence-electron chi connectivity index (χ2n) is 4.36. The van der Waals surface area contributed by atoms with E-state index in [4.69, 9.17) is 4.42 Å². The van der Waals surface area contributed by atoms with E-state index >= 15 is 0 Å². The molecule has 2 aromatic rings. The Morgan fingerprint density at radius 3 is 2.61 bits per heavy atom. The van der Waals surface area contributed by atoms with Crippen molar-refractivity contribution in [3.63, 3.8) is 0 Å². The molecule has 0 aliphatic heterocycles. The SMILES string of the molecule is CCCc1ccc(NCC(O)c2ccco2)cc1. The molecule has 96 valence electrons. The van der Waals surface area contributed by atoms with E-state index < -0.39 is 6.10 Å². The molecule has 0 bridgehead atoms. The number of benzene rings is 1. The molecule has 0 spiro atoms. The molecule has 3 nitrogen and oxygen atoms in total.